The van der Waals surface area contributed by atoms with Gasteiger partial charge in [-0.2, -0.15) is 0 Å². The third-order valence-corrected chi connectivity index (χ3v) is 2.75. The number of halogens is 1. The normalized spacial score (nSPS) is 10.8. The van der Waals surface area contributed by atoms with Crippen molar-refractivity contribution in [3.63, 3.8) is 0 Å². The summed E-state index contributed by atoms with van der Waals surface area (Å²) < 4.78 is 14.8. The van der Waals surface area contributed by atoms with Crippen LogP contribution in [-0.4, -0.2) is 20.4 Å². The molecule has 0 radical (unpaired) electrons. The third kappa shape index (κ3) is 2.03. The quantitative estimate of drug-likeness (QED) is 0.541. The van der Waals surface area contributed by atoms with Gasteiger partial charge in [-0.15, -0.1) is 0 Å². The molecule has 6 heteroatoms. The Labute approximate surface area is 108 Å². The number of aromatic nitrogens is 3. The maximum atomic E-state index is 13.1. The van der Waals surface area contributed by atoms with Crippen molar-refractivity contribution < 1.29 is 4.39 Å². The summed E-state index contributed by atoms with van der Waals surface area (Å²) in [7, 11) is 0. The van der Waals surface area contributed by atoms with Gasteiger partial charge in [0.05, 0.1) is 0 Å². The first-order chi connectivity index (χ1) is 9.13. The summed E-state index contributed by atoms with van der Waals surface area (Å²) in [5, 5.41) is 9.01. The van der Waals surface area contributed by atoms with Gasteiger partial charge >= 0.3 is 0 Å². The van der Waals surface area contributed by atoms with Gasteiger partial charge in [0.1, 0.15) is 17.3 Å². The number of amidine groups is 1. The summed E-state index contributed by atoms with van der Waals surface area (Å²) in [5.41, 5.74) is 5.75. The number of nitrogens with zero attached hydrogens (tertiary/aromatic N) is 3. The molecular formula is C13H10FN5. The van der Waals surface area contributed by atoms with Crippen molar-refractivity contribution in [1.82, 2.24) is 14.5 Å². The molecule has 1 aromatic carbocycles. The number of nitrogen functional groups attached to an aromatic ring is 1. The zero-order valence-electron chi connectivity index (χ0n) is 9.84. The predicted molar refractivity (Wildman–Crippen MR) is 69.8 cm³/mol. The third-order valence-electron chi connectivity index (χ3n) is 2.75. The fraction of sp³-hybridized carbons (Fsp3) is 0. The van der Waals surface area contributed by atoms with Gasteiger partial charge in [-0.25, -0.2) is 14.4 Å². The van der Waals surface area contributed by atoms with Crippen molar-refractivity contribution >= 4 is 16.6 Å². The van der Waals surface area contributed by atoms with Crippen LogP contribution in [0.25, 0.3) is 16.7 Å². The minimum atomic E-state index is -0.288. The molecule has 0 bridgehead atoms. The second-order valence-electron chi connectivity index (χ2n) is 4.09. The van der Waals surface area contributed by atoms with Crippen LogP contribution in [0.4, 0.5) is 4.39 Å². The van der Waals surface area contributed by atoms with Crippen LogP contribution in [0, 0.1) is 11.2 Å². The first kappa shape index (κ1) is 11.3. The van der Waals surface area contributed by atoms with Gasteiger partial charge in [0.15, 0.2) is 0 Å². The Morgan fingerprint density at radius 1 is 1.21 bits per heavy atom. The van der Waals surface area contributed by atoms with Crippen LogP contribution in [0.2, 0.25) is 0 Å². The largest absolute Gasteiger partial charge is 0.382 e. The maximum absolute atomic E-state index is 13.1. The minimum Gasteiger partial charge on any atom is -0.382 e. The van der Waals surface area contributed by atoms with Crippen molar-refractivity contribution in [2.24, 2.45) is 5.73 Å². The number of hydrogen-bond acceptors (Lipinski definition) is 3. The molecule has 3 aromatic rings. The van der Waals surface area contributed by atoms with E-state index in [-0.39, 0.29) is 11.7 Å². The van der Waals surface area contributed by atoms with Gasteiger partial charge in [-0.3, -0.25) is 9.98 Å². The molecule has 19 heavy (non-hydrogen) atoms. The summed E-state index contributed by atoms with van der Waals surface area (Å²) in [6.07, 6.45) is 5.07. The van der Waals surface area contributed by atoms with Gasteiger partial charge in [-0.1, -0.05) is 0 Å². The lowest BCUT2D eigenvalue weighted by Gasteiger charge is -2.02. The number of fused-ring (bicyclic) bond motifs is 1. The topological polar surface area (TPSA) is 80.6 Å². The molecule has 0 aliphatic heterocycles. The summed E-state index contributed by atoms with van der Waals surface area (Å²) in [6.45, 7) is 0. The van der Waals surface area contributed by atoms with Crippen molar-refractivity contribution in [1.29, 1.82) is 5.41 Å². The first-order valence-corrected chi connectivity index (χ1v) is 5.58. The molecule has 0 fully saturated rings. The predicted octanol–water partition coefficient (Wildman–Crippen LogP) is 1.84. The van der Waals surface area contributed by atoms with E-state index in [1.807, 2.05) is 0 Å². The molecule has 2 heterocycles. The van der Waals surface area contributed by atoms with Gasteiger partial charge < -0.3 is 5.73 Å². The fourth-order valence-electron chi connectivity index (χ4n) is 1.85. The van der Waals surface area contributed by atoms with Crippen molar-refractivity contribution in [2.75, 3.05) is 0 Å². The Kier molecular flexibility index (Phi) is 2.49. The van der Waals surface area contributed by atoms with E-state index in [0.29, 0.717) is 11.6 Å². The average Bonchev–Trinajstić information content (AvgIpc) is 2.81. The molecule has 0 saturated heterocycles. The Bertz CT molecular complexity index is 778. The lowest BCUT2D eigenvalue weighted by molar-refractivity contribution is 0.630. The lowest BCUT2D eigenvalue weighted by atomic mass is 10.2. The number of hydrogen-bond donors (Lipinski definition) is 2. The molecule has 3 rings (SSSR count). The standard InChI is InChI=1S/C13H10FN5/c14-10-2-1-8-6-19(7-9(8)5-10)13-17-4-3-11(18-13)12(15)16/h1-7H,(H3,15,16). The molecule has 0 amide bonds. The molecule has 0 atom stereocenters. The molecule has 0 aliphatic rings. The molecule has 0 saturated carbocycles. The number of benzene rings is 1. The summed E-state index contributed by atoms with van der Waals surface area (Å²) in [6, 6.07) is 6.10. The Morgan fingerprint density at radius 3 is 2.79 bits per heavy atom. The van der Waals surface area contributed by atoms with Crippen molar-refractivity contribution in [3.8, 4) is 5.95 Å². The van der Waals surface area contributed by atoms with Crippen LogP contribution in [0.15, 0.2) is 42.9 Å². The highest BCUT2D eigenvalue weighted by atomic mass is 19.1. The average molecular weight is 255 g/mol. The van der Waals surface area contributed by atoms with E-state index >= 15 is 0 Å². The van der Waals surface area contributed by atoms with Gasteiger partial charge in [0.2, 0.25) is 5.95 Å². The van der Waals surface area contributed by atoms with Crippen LogP contribution < -0.4 is 5.73 Å². The van der Waals surface area contributed by atoms with Crippen molar-refractivity contribution in [3.05, 3.63) is 54.4 Å². The molecule has 5 nitrogen and oxygen atoms in total. The first-order valence-electron chi connectivity index (χ1n) is 5.58. The molecule has 3 N–H and O–H groups in total. The van der Waals surface area contributed by atoms with E-state index in [2.05, 4.69) is 9.97 Å². The summed E-state index contributed by atoms with van der Waals surface area (Å²) >= 11 is 0. The second kappa shape index (κ2) is 4.16. The monoisotopic (exact) mass is 255 g/mol. The second-order valence-corrected chi connectivity index (χ2v) is 4.09. The maximum Gasteiger partial charge on any atom is 0.234 e. The van der Waals surface area contributed by atoms with E-state index in [0.717, 1.165) is 10.8 Å². The molecule has 0 aliphatic carbocycles. The van der Waals surface area contributed by atoms with Gasteiger partial charge in [-0.05, 0) is 24.3 Å². The number of nitrogens with one attached hydrogen (secondary N) is 1. The van der Waals surface area contributed by atoms with E-state index in [1.54, 1.807) is 29.1 Å². The summed E-state index contributed by atoms with van der Waals surface area (Å²) in [5.74, 6) is -0.0145. The molecule has 0 spiro atoms. The van der Waals surface area contributed by atoms with Crippen LogP contribution in [0.5, 0.6) is 0 Å². The summed E-state index contributed by atoms with van der Waals surface area (Å²) in [4.78, 5) is 8.28. The van der Waals surface area contributed by atoms with E-state index < -0.39 is 0 Å². The SMILES string of the molecule is N=C(N)c1ccnc(-n2cc3ccc(F)cc3c2)n1. The fourth-order valence-corrected chi connectivity index (χ4v) is 1.85. The van der Waals surface area contributed by atoms with E-state index in [1.165, 1.54) is 18.3 Å². The minimum absolute atomic E-state index is 0.119. The molecule has 0 unspecified atom stereocenters. The van der Waals surface area contributed by atoms with E-state index in [9.17, 15) is 4.39 Å². The van der Waals surface area contributed by atoms with Gasteiger partial charge in [0.25, 0.3) is 0 Å². The highest BCUT2D eigenvalue weighted by Crippen LogP contribution is 2.18. The molecule has 94 valence electrons. The molecular weight excluding hydrogens is 245 g/mol. The highest BCUT2D eigenvalue weighted by Gasteiger charge is 2.06. The van der Waals surface area contributed by atoms with Crippen LogP contribution in [0.3, 0.4) is 0 Å². The Balaban J connectivity index is 2.13. The van der Waals surface area contributed by atoms with Crippen LogP contribution in [0.1, 0.15) is 5.69 Å². The Morgan fingerprint density at radius 2 is 2.00 bits per heavy atom. The number of rotatable bonds is 2. The smallest absolute Gasteiger partial charge is 0.234 e. The van der Waals surface area contributed by atoms with Crippen LogP contribution in [-0.2, 0) is 0 Å². The van der Waals surface area contributed by atoms with Crippen molar-refractivity contribution in [2.45, 2.75) is 0 Å². The highest BCUT2D eigenvalue weighted by molar-refractivity contribution is 5.93. The van der Waals surface area contributed by atoms with Gasteiger partial charge in [0, 0.05) is 29.4 Å². The number of nitrogens with two attached hydrogens (primary N) is 1. The molecule has 2 aromatic heterocycles. The zero-order valence-corrected chi connectivity index (χ0v) is 9.84. The zero-order chi connectivity index (χ0) is 13.4. The lowest BCUT2D eigenvalue weighted by Crippen LogP contribution is -2.14. The van der Waals surface area contributed by atoms with E-state index in [4.69, 9.17) is 11.1 Å². The Hall–Kier alpha value is -2.76. The van der Waals surface area contributed by atoms with Crippen LogP contribution >= 0.6 is 0 Å².